The van der Waals surface area contributed by atoms with Gasteiger partial charge in [-0.25, -0.2) is 0 Å². The third-order valence-corrected chi connectivity index (χ3v) is 5.54. The maximum Gasteiger partial charge on any atom is 0.241 e. The van der Waals surface area contributed by atoms with Gasteiger partial charge in [-0.2, -0.15) is 11.8 Å². The number of hydrogen-bond donors (Lipinski definition) is 0. The van der Waals surface area contributed by atoms with Crippen molar-refractivity contribution in [1.82, 2.24) is 20.0 Å². The molecule has 1 amide bonds. The molecule has 2 saturated heterocycles. The lowest BCUT2D eigenvalue weighted by molar-refractivity contribution is -0.146. The molecule has 3 rings (SSSR count). The van der Waals surface area contributed by atoms with Crippen LogP contribution < -0.4 is 0 Å². The van der Waals surface area contributed by atoms with E-state index in [4.69, 9.17) is 9.15 Å². The molecule has 2 aliphatic heterocycles. The van der Waals surface area contributed by atoms with E-state index < -0.39 is 0 Å². The van der Waals surface area contributed by atoms with Gasteiger partial charge in [0.2, 0.25) is 17.7 Å². The van der Waals surface area contributed by atoms with E-state index in [2.05, 4.69) is 15.1 Å². The van der Waals surface area contributed by atoms with Crippen molar-refractivity contribution in [3.05, 3.63) is 11.8 Å². The molecule has 0 aromatic carbocycles. The minimum atomic E-state index is -0.284. The van der Waals surface area contributed by atoms with Gasteiger partial charge in [0, 0.05) is 37.1 Å². The average molecular weight is 354 g/mol. The van der Waals surface area contributed by atoms with Crippen LogP contribution in [0.1, 0.15) is 44.5 Å². The summed E-state index contributed by atoms with van der Waals surface area (Å²) >= 11 is 1.95. The van der Waals surface area contributed by atoms with Crippen LogP contribution in [-0.2, 0) is 9.53 Å². The molecule has 134 valence electrons. The lowest BCUT2D eigenvalue weighted by Gasteiger charge is -2.38. The number of nitrogens with zero attached hydrogens (tertiary/aromatic N) is 4. The normalized spacial score (nSPS) is 24.3. The summed E-state index contributed by atoms with van der Waals surface area (Å²) in [5, 5.41) is 8.25. The predicted octanol–water partition coefficient (Wildman–Crippen LogP) is 1.53. The largest absolute Gasteiger partial charge is 0.423 e. The fourth-order valence-electron chi connectivity index (χ4n) is 3.05. The van der Waals surface area contributed by atoms with E-state index in [0.29, 0.717) is 31.5 Å². The summed E-state index contributed by atoms with van der Waals surface area (Å²) in [6.45, 7) is 9.47. The first-order valence-electron chi connectivity index (χ1n) is 8.61. The highest BCUT2D eigenvalue weighted by Gasteiger charge is 2.36. The molecule has 0 saturated carbocycles. The fraction of sp³-hybridized carbons (Fsp3) is 0.812. The van der Waals surface area contributed by atoms with Crippen molar-refractivity contribution in [2.24, 2.45) is 0 Å². The van der Waals surface area contributed by atoms with Crippen LogP contribution >= 0.6 is 11.8 Å². The van der Waals surface area contributed by atoms with E-state index in [1.807, 2.05) is 37.4 Å². The Morgan fingerprint density at radius 1 is 1.21 bits per heavy atom. The second kappa shape index (κ2) is 7.84. The molecule has 0 spiro atoms. The molecule has 1 aromatic heterocycles. The van der Waals surface area contributed by atoms with E-state index >= 15 is 0 Å². The van der Waals surface area contributed by atoms with Gasteiger partial charge in [0.25, 0.3) is 0 Å². The molecule has 2 aliphatic rings. The first-order valence-corrected chi connectivity index (χ1v) is 9.76. The molecule has 24 heavy (non-hydrogen) atoms. The van der Waals surface area contributed by atoms with E-state index in [1.54, 1.807) is 0 Å². The zero-order chi connectivity index (χ0) is 17.1. The van der Waals surface area contributed by atoms with Crippen LogP contribution in [0.5, 0.6) is 0 Å². The molecule has 2 fully saturated rings. The summed E-state index contributed by atoms with van der Waals surface area (Å²) < 4.78 is 11.4. The zero-order valence-electron chi connectivity index (χ0n) is 14.6. The molecule has 1 aromatic rings. The highest BCUT2D eigenvalue weighted by molar-refractivity contribution is 7.99. The van der Waals surface area contributed by atoms with Crippen molar-refractivity contribution in [2.75, 3.05) is 44.4 Å². The zero-order valence-corrected chi connectivity index (χ0v) is 15.4. The van der Waals surface area contributed by atoms with Crippen molar-refractivity contribution in [3.8, 4) is 0 Å². The lowest BCUT2D eigenvalue weighted by atomic mass is 10.1. The first kappa shape index (κ1) is 17.7. The molecule has 2 atom stereocenters. The Kier molecular flexibility index (Phi) is 5.78. The van der Waals surface area contributed by atoms with Crippen molar-refractivity contribution < 1.29 is 13.9 Å². The number of amides is 1. The molecule has 0 N–H and O–H groups in total. The van der Waals surface area contributed by atoms with Crippen LogP contribution in [0.4, 0.5) is 0 Å². The van der Waals surface area contributed by atoms with Gasteiger partial charge in [-0.05, 0) is 6.92 Å². The molecular weight excluding hydrogens is 328 g/mol. The fourth-order valence-corrected chi connectivity index (χ4v) is 3.98. The van der Waals surface area contributed by atoms with Crippen LogP contribution in [0.2, 0.25) is 0 Å². The van der Waals surface area contributed by atoms with Gasteiger partial charge < -0.3 is 14.1 Å². The molecular formula is C16H26N4O3S. The van der Waals surface area contributed by atoms with E-state index in [1.165, 1.54) is 0 Å². The van der Waals surface area contributed by atoms with Gasteiger partial charge in [-0.3, -0.25) is 9.69 Å². The number of ether oxygens (including phenoxy) is 1. The summed E-state index contributed by atoms with van der Waals surface area (Å²) in [6.07, 6.45) is 0. The van der Waals surface area contributed by atoms with Crippen molar-refractivity contribution in [2.45, 2.75) is 38.8 Å². The van der Waals surface area contributed by atoms with E-state index in [9.17, 15) is 4.79 Å². The monoisotopic (exact) mass is 354 g/mol. The van der Waals surface area contributed by atoms with Gasteiger partial charge in [0.05, 0.1) is 19.3 Å². The Balaban J connectivity index is 1.74. The molecule has 8 heteroatoms. The highest BCUT2D eigenvalue weighted by Crippen LogP contribution is 2.26. The number of carbonyl (C=O) groups is 1. The Labute approximate surface area is 147 Å². The topological polar surface area (TPSA) is 71.7 Å². The standard InChI is InChI=1S/C16H26N4O3S/c1-11(2)14-17-18-15(23-14)13-10-22-7-4-20(13)16(21)12(3)19-5-8-24-9-6-19/h11-13H,4-10H2,1-3H3/t12-,13+/m1/s1. The second-order valence-corrected chi connectivity index (χ2v) is 7.80. The maximum atomic E-state index is 13.1. The molecule has 3 heterocycles. The minimum absolute atomic E-state index is 0.125. The minimum Gasteiger partial charge on any atom is -0.423 e. The number of hydrogen-bond acceptors (Lipinski definition) is 7. The van der Waals surface area contributed by atoms with Crippen LogP contribution in [0, 0.1) is 0 Å². The van der Waals surface area contributed by atoms with Gasteiger partial charge in [0.15, 0.2) is 0 Å². The summed E-state index contributed by atoms with van der Waals surface area (Å²) in [5.41, 5.74) is 0. The third-order valence-electron chi connectivity index (χ3n) is 4.60. The number of thioether (sulfide) groups is 1. The van der Waals surface area contributed by atoms with Crippen LogP contribution in [0.25, 0.3) is 0 Å². The molecule has 0 bridgehead atoms. The van der Waals surface area contributed by atoms with Gasteiger partial charge in [0.1, 0.15) is 6.04 Å². The predicted molar refractivity (Wildman–Crippen MR) is 92.0 cm³/mol. The Morgan fingerprint density at radius 3 is 2.62 bits per heavy atom. The van der Waals surface area contributed by atoms with E-state index in [0.717, 1.165) is 24.6 Å². The smallest absolute Gasteiger partial charge is 0.241 e. The number of rotatable bonds is 4. The Hall–Kier alpha value is -1.12. The van der Waals surface area contributed by atoms with Gasteiger partial charge in [-0.15, -0.1) is 10.2 Å². The SMILES string of the molecule is CC(C)c1nnc([C@@H]2COCCN2C(=O)[C@@H](C)N2CCSCC2)o1. The third kappa shape index (κ3) is 3.75. The Morgan fingerprint density at radius 2 is 1.96 bits per heavy atom. The maximum absolute atomic E-state index is 13.1. The van der Waals surface area contributed by atoms with Crippen LogP contribution in [0.15, 0.2) is 4.42 Å². The van der Waals surface area contributed by atoms with Crippen molar-refractivity contribution >= 4 is 17.7 Å². The van der Waals surface area contributed by atoms with Crippen LogP contribution in [-0.4, -0.2) is 76.3 Å². The molecule has 7 nitrogen and oxygen atoms in total. The van der Waals surface area contributed by atoms with Gasteiger partial charge in [-0.1, -0.05) is 13.8 Å². The second-order valence-electron chi connectivity index (χ2n) is 6.58. The quantitative estimate of drug-likeness (QED) is 0.812. The summed E-state index contributed by atoms with van der Waals surface area (Å²) in [4.78, 5) is 17.2. The number of carbonyl (C=O) groups excluding carboxylic acids is 1. The molecule has 0 radical (unpaired) electrons. The van der Waals surface area contributed by atoms with Crippen molar-refractivity contribution in [3.63, 3.8) is 0 Å². The average Bonchev–Trinajstić information content (AvgIpc) is 3.11. The summed E-state index contributed by atoms with van der Waals surface area (Å²) in [6, 6.07) is -0.410. The first-order chi connectivity index (χ1) is 11.6. The number of morpholine rings is 1. The summed E-state index contributed by atoms with van der Waals surface area (Å²) in [7, 11) is 0. The van der Waals surface area contributed by atoms with Gasteiger partial charge >= 0.3 is 0 Å². The summed E-state index contributed by atoms with van der Waals surface area (Å²) in [5.74, 6) is 3.55. The number of aromatic nitrogens is 2. The molecule has 0 unspecified atom stereocenters. The van der Waals surface area contributed by atoms with Crippen molar-refractivity contribution in [1.29, 1.82) is 0 Å². The lowest BCUT2D eigenvalue weighted by Crippen LogP contribution is -2.53. The molecule has 0 aliphatic carbocycles. The van der Waals surface area contributed by atoms with Crippen LogP contribution in [0.3, 0.4) is 0 Å². The van der Waals surface area contributed by atoms with E-state index in [-0.39, 0.29) is 23.9 Å². The Bertz CT molecular complexity index is 559. The highest BCUT2D eigenvalue weighted by atomic mass is 32.2.